The Morgan fingerprint density at radius 1 is 0.815 bits per heavy atom. The molecule has 1 aromatic heterocycles. The predicted octanol–water partition coefficient (Wildman–Crippen LogP) is 7.02. The van der Waals surface area contributed by atoms with E-state index >= 15 is 0 Å². The van der Waals surface area contributed by atoms with Gasteiger partial charge in [0, 0.05) is 36.0 Å². The van der Waals surface area contributed by atoms with Crippen LogP contribution in [0.4, 0.5) is 10.6 Å². The Morgan fingerprint density at radius 3 is 2.15 bits per heavy atom. The van der Waals surface area contributed by atoms with E-state index in [2.05, 4.69) is 25.6 Å². The molecule has 0 radical (unpaired) electrons. The Balaban J connectivity index is 1.28. The standard InChI is InChI=1S/C47H61N7O11/c1-34-17-18-49-42(30-34)54(46(58)65-47(2,3)4)20-9-14-43(55)50-33-44(56)52-40(32-45(57)59-5)36-11-8-10-35(31-36)37-15-16-41(39-13-7-6-12-38(37)39)64-29-28-63-27-26-62-25-24-61-23-22-60-21-19-51-53-48/h6-8,10-13,15-18,30-31,40H,9,14,19-29,32-33H2,1-5H3,(H,50,55)(H,52,56)/t40-/m0/s1. The molecule has 0 aliphatic carbocycles. The van der Waals surface area contributed by atoms with Crippen molar-refractivity contribution in [1.82, 2.24) is 15.6 Å². The van der Waals surface area contributed by atoms with Crippen molar-refractivity contribution in [2.24, 2.45) is 5.11 Å². The maximum absolute atomic E-state index is 13.2. The number of anilines is 1. The lowest BCUT2D eigenvalue weighted by Gasteiger charge is -2.27. The molecule has 0 unspecified atom stereocenters. The molecule has 3 aromatic carbocycles. The molecule has 0 saturated heterocycles. The smallest absolute Gasteiger partial charge is 0.416 e. The molecule has 0 saturated carbocycles. The molecule has 0 bridgehead atoms. The molecule has 2 N–H and O–H groups in total. The van der Waals surface area contributed by atoms with E-state index in [1.807, 2.05) is 73.7 Å². The van der Waals surface area contributed by atoms with Gasteiger partial charge in [-0.05, 0) is 91.6 Å². The van der Waals surface area contributed by atoms with Gasteiger partial charge < -0.3 is 43.8 Å². The van der Waals surface area contributed by atoms with Crippen LogP contribution in [0.3, 0.4) is 0 Å². The highest BCUT2D eigenvalue weighted by atomic mass is 16.6. The van der Waals surface area contributed by atoms with E-state index in [1.54, 1.807) is 33.0 Å². The number of aromatic nitrogens is 1. The third-order valence-corrected chi connectivity index (χ3v) is 9.44. The van der Waals surface area contributed by atoms with Crippen molar-refractivity contribution in [2.45, 2.75) is 58.6 Å². The molecule has 350 valence electrons. The number of benzene rings is 3. The number of esters is 1. The Kier molecular flexibility index (Phi) is 21.9. The molecule has 18 nitrogen and oxygen atoms in total. The van der Waals surface area contributed by atoms with Crippen LogP contribution in [0.15, 0.2) is 84.1 Å². The molecule has 0 aliphatic rings. The van der Waals surface area contributed by atoms with Crippen LogP contribution >= 0.6 is 0 Å². The van der Waals surface area contributed by atoms with Gasteiger partial charge in [0.2, 0.25) is 11.8 Å². The van der Waals surface area contributed by atoms with Crippen LogP contribution < -0.4 is 20.3 Å². The average Bonchev–Trinajstić information content (AvgIpc) is 3.28. The fraction of sp³-hybridized carbons (Fsp3) is 0.468. The molecule has 4 rings (SSSR count). The van der Waals surface area contributed by atoms with Gasteiger partial charge in [0.1, 0.15) is 23.8 Å². The van der Waals surface area contributed by atoms with E-state index in [0.717, 1.165) is 27.5 Å². The van der Waals surface area contributed by atoms with Crippen molar-refractivity contribution in [2.75, 3.05) is 91.1 Å². The third kappa shape index (κ3) is 18.8. The average molecular weight is 900 g/mol. The highest BCUT2D eigenvalue weighted by Gasteiger charge is 2.25. The molecule has 0 aliphatic heterocycles. The van der Waals surface area contributed by atoms with Gasteiger partial charge in [-0.25, -0.2) is 9.78 Å². The number of carbonyl (C=O) groups excluding carboxylic acids is 4. The fourth-order valence-electron chi connectivity index (χ4n) is 6.39. The monoisotopic (exact) mass is 899 g/mol. The first-order valence-corrected chi connectivity index (χ1v) is 21.5. The van der Waals surface area contributed by atoms with E-state index in [9.17, 15) is 19.2 Å². The second kappa shape index (κ2) is 27.8. The largest absolute Gasteiger partial charge is 0.491 e. The first kappa shape index (κ1) is 51.3. The first-order valence-electron chi connectivity index (χ1n) is 21.5. The highest BCUT2D eigenvalue weighted by Crippen LogP contribution is 2.35. The van der Waals surface area contributed by atoms with Crippen LogP contribution in [0.1, 0.15) is 57.2 Å². The van der Waals surface area contributed by atoms with Gasteiger partial charge >= 0.3 is 12.1 Å². The zero-order chi connectivity index (χ0) is 46.9. The van der Waals surface area contributed by atoms with Crippen molar-refractivity contribution < 1.29 is 52.3 Å². The van der Waals surface area contributed by atoms with Crippen LogP contribution in [0.25, 0.3) is 32.3 Å². The number of carbonyl (C=O) groups is 4. The Labute approximate surface area is 379 Å². The second-order valence-electron chi connectivity index (χ2n) is 15.6. The topological polar surface area (TPSA) is 222 Å². The highest BCUT2D eigenvalue weighted by molar-refractivity contribution is 6.00. The number of hydrogen-bond donors (Lipinski definition) is 2. The number of rotatable bonds is 28. The van der Waals surface area contributed by atoms with Gasteiger partial charge in [0.05, 0.1) is 79.0 Å². The predicted molar refractivity (Wildman–Crippen MR) is 244 cm³/mol. The maximum atomic E-state index is 13.2. The number of azide groups is 1. The first-order chi connectivity index (χ1) is 31.4. The Bertz CT molecular complexity index is 2190. The van der Waals surface area contributed by atoms with Gasteiger partial charge in [-0.3, -0.25) is 19.3 Å². The van der Waals surface area contributed by atoms with Crippen LogP contribution in [-0.4, -0.2) is 121 Å². The van der Waals surface area contributed by atoms with E-state index < -0.39 is 29.6 Å². The van der Waals surface area contributed by atoms with E-state index in [0.29, 0.717) is 83.1 Å². The summed E-state index contributed by atoms with van der Waals surface area (Å²) in [7, 11) is 1.28. The normalized spacial score (nSPS) is 11.6. The molecule has 3 amide bonds. The fourth-order valence-corrected chi connectivity index (χ4v) is 6.39. The van der Waals surface area contributed by atoms with E-state index in [-0.39, 0.29) is 38.3 Å². The minimum Gasteiger partial charge on any atom is -0.491 e. The summed E-state index contributed by atoms with van der Waals surface area (Å²) in [6.45, 7) is 10.9. The summed E-state index contributed by atoms with van der Waals surface area (Å²) in [4.78, 5) is 60.1. The second-order valence-corrected chi connectivity index (χ2v) is 15.6. The molecule has 65 heavy (non-hydrogen) atoms. The molecular weight excluding hydrogens is 839 g/mol. The van der Waals surface area contributed by atoms with Gasteiger partial charge in [-0.15, -0.1) is 0 Å². The van der Waals surface area contributed by atoms with Crippen molar-refractivity contribution in [3.8, 4) is 16.9 Å². The zero-order valence-corrected chi connectivity index (χ0v) is 37.9. The van der Waals surface area contributed by atoms with Gasteiger partial charge in [0.15, 0.2) is 0 Å². The maximum Gasteiger partial charge on any atom is 0.416 e. The molecule has 18 heteroatoms. The number of fused-ring (bicyclic) bond motifs is 1. The Hall–Kier alpha value is -6.30. The summed E-state index contributed by atoms with van der Waals surface area (Å²) in [6.07, 6.45) is 1.21. The quantitative estimate of drug-likeness (QED) is 0.0193. The van der Waals surface area contributed by atoms with Gasteiger partial charge in [-0.1, -0.05) is 53.6 Å². The summed E-state index contributed by atoms with van der Waals surface area (Å²) in [5.41, 5.74) is 10.9. The molecule has 1 atom stereocenters. The van der Waals surface area contributed by atoms with Gasteiger partial charge in [0.25, 0.3) is 0 Å². The number of aryl methyl sites for hydroxylation is 1. The van der Waals surface area contributed by atoms with Crippen molar-refractivity contribution in [1.29, 1.82) is 0 Å². The van der Waals surface area contributed by atoms with E-state index in [1.165, 1.54) is 12.0 Å². The number of hydrogen-bond acceptors (Lipinski definition) is 13. The number of pyridine rings is 1. The summed E-state index contributed by atoms with van der Waals surface area (Å²) < 4.78 is 38.6. The molecule has 1 heterocycles. The minimum atomic E-state index is -0.753. The summed E-state index contributed by atoms with van der Waals surface area (Å²) >= 11 is 0. The number of ether oxygens (including phenoxy) is 7. The lowest BCUT2D eigenvalue weighted by molar-refractivity contribution is -0.141. The summed E-state index contributed by atoms with van der Waals surface area (Å²) in [5, 5.41) is 10.8. The number of amides is 3. The number of nitrogens with one attached hydrogen (secondary N) is 2. The SMILES string of the molecule is COC(=O)C[C@H](NC(=O)CNC(=O)CCCN(C(=O)OC(C)(C)C)c1cc(C)ccn1)c1cccc(-c2ccc(OCCOCCOCCOCCOCCN=[N+]=[N-])c3ccccc23)c1. The number of methoxy groups -OCH3 is 1. The van der Waals surface area contributed by atoms with Crippen LogP contribution in [0, 0.1) is 6.92 Å². The van der Waals surface area contributed by atoms with Crippen LogP contribution in [0.2, 0.25) is 0 Å². The minimum absolute atomic E-state index is 0.0348. The lowest BCUT2D eigenvalue weighted by Crippen LogP contribution is -2.40. The van der Waals surface area contributed by atoms with Crippen LogP contribution in [0.5, 0.6) is 5.75 Å². The molecule has 0 fully saturated rings. The third-order valence-electron chi connectivity index (χ3n) is 9.44. The molecule has 0 spiro atoms. The summed E-state index contributed by atoms with van der Waals surface area (Å²) in [6, 6.07) is 22.1. The number of nitrogens with zero attached hydrogens (tertiary/aromatic N) is 5. The zero-order valence-electron chi connectivity index (χ0n) is 37.9. The van der Waals surface area contributed by atoms with Crippen molar-refractivity contribution >= 4 is 40.5 Å². The van der Waals surface area contributed by atoms with Gasteiger partial charge in [-0.2, -0.15) is 0 Å². The van der Waals surface area contributed by atoms with Crippen molar-refractivity contribution in [3.63, 3.8) is 0 Å². The molecule has 4 aromatic rings. The van der Waals surface area contributed by atoms with Crippen LogP contribution in [-0.2, 0) is 42.8 Å². The summed E-state index contributed by atoms with van der Waals surface area (Å²) in [5.74, 6) is -0.291. The Morgan fingerprint density at radius 2 is 1.49 bits per heavy atom. The van der Waals surface area contributed by atoms with Crippen molar-refractivity contribution in [3.05, 3.63) is 101 Å². The lowest BCUT2D eigenvalue weighted by atomic mass is 9.94. The molecular formula is C47H61N7O11. The van der Waals surface area contributed by atoms with E-state index in [4.69, 9.17) is 38.7 Å².